The van der Waals surface area contributed by atoms with Gasteiger partial charge in [-0.3, -0.25) is 0 Å². The van der Waals surface area contributed by atoms with Gasteiger partial charge in [-0.1, -0.05) is 5.16 Å². The third-order valence-electron chi connectivity index (χ3n) is 3.85. The molecule has 1 N–H and O–H groups in total. The molecule has 26 heavy (non-hydrogen) atoms. The molecule has 0 aliphatic rings. The molecule has 0 atom stereocenters. The molecular formula is C17H11N7OS. The molecular weight excluding hydrogens is 350 g/mol. The fourth-order valence-corrected chi connectivity index (χ4v) is 3.18. The van der Waals surface area contributed by atoms with Crippen LogP contribution in [0.5, 0.6) is 0 Å². The molecule has 1 aromatic carbocycles. The van der Waals surface area contributed by atoms with Gasteiger partial charge >= 0.3 is 0 Å². The van der Waals surface area contributed by atoms with Crippen molar-refractivity contribution in [2.75, 3.05) is 0 Å². The number of nitrogens with zero attached hydrogens (tertiary/aromatic N) is 6. The average Bonchev–Trinajstić information content (AvgIpc) is 3.42. The summed E-state index contributed by atoms with van der Waals surface area (Å²) in [4.78, 5) is 24.6. The lowest BCUT2D eigenvalue weighted by atomic mass is 10.2. The molecule has 0 unspecified atom stereocenters. The van der Waals surface area contributed by atoms with Crippen LogP contribution in [-0.2, 0) is 6.42 Å². The van der Waals surface area contributed by atoms with Gasteiger partial charge in [-0.05, 0) is 23.8 Å². The third kappa shape index (κ3) is 2.74. The number of imidazole rings is 1. The Bertz CT molecular complexity index is 1160. The van der Waals surface area contributed by atoms with Crippen LogP contribution in [0, 0.1) is 0 Å². The highest BCUT2D eigenvalue weighted by atomic mass is 32.1. The first-order valence-electron chi connectivity index (χ1n) is 7.80. The Labute approximate surface area is 151 Å². The highest BCUT2D eigenvalue weighted by Crippen LogP contribution is 2.25. The summed E-state index contributed by atoms with van der Waals surface area (Å²) in [6, 6.07) is 5.81. The second-order valence-electron chi connectivity index (χ2n) is 5.63. The predicted molar refractivity (Wildman–Crippen MR) is 95.3 cm³/mol. The van der Waals surface area contributed by atoms with Crippen molar-refractivity contribution in [3.05, 3.63) is 59.3 Å². The van der Waals surface area contributed by atoms with Gasteiger partial charge in [0.1, 0.15) is 12.0 Å². The Balaban J connectivity index is 1.45. The monoisotopic (exact) mass is 361 g/mol. The van der Waals surface area contributed by atoms with Gasteiger partial charge in [-0.25, -0.2) is 19.9 Å². The van der Waals surface area contributed by atoms with E-state index in [1.165, 1.54) is 17.7 Å². The lowest BCUT2D eigenvalue weighted by Crippen LogP contribution is -1.90. The average molecular weight is 361 g/mol. The minimum absolute atomic E-state index is 0.494. The van der Waals surface area contributed by atoms with Crippen molar-refractivity contribution in [1.29, 1.82) is 0 Å². The van der Waals surface area contributed by atoms with Crippen LogP contribution in [0.25, 0.3) is 33.9 Å². The molecule has 4 aromatic heterocycles. The Hall–Kier alpha value is -3.46. The molecule has 0 aliphatic carbocycles. The van der Waals surface area contributed by atoms with Gasteiger partial charge < -0.3 is 9.51 Å². The second-order valence-corrected chi connectivity index (χ2v) is 6.34. The van der Waals surface area contributed by atoms with Gasteiger partial charge in [0.05, 0.1) is 23.0 Å². The minimum Gasteiger partial charge on any atom is -0.339 e. The maximum atomic E-state index is 5.35. The summed E-state index contributed by atoms with van der Waals surface area (Å²) in [6.07, 6.45) is 5.44. The Morgan fingerprint density at radius 1 is 1.12 bits per heavy atom. The summed E-state index contributed by atoms with van der Waals surface area (Å²) in [5.74, 6) is 1.79. The van der Waals surface area contributed by atoms with Gasteiger partial charge in [0.2, 0.25) is 11.7 Å². The Morgan fingerprint density at radius 3 is 2.88 bits per heavy atom. The summed E-state index contributed by atoms with van der Waals surface area (Å²) in [6.45, 7) is 0. The number of hydrogen-bond donors (Lipinski definition) is 1. The van der Waals surface area contributed by atoms with Crippen molar-refractivity contribution < 1.29 is 4.52 Å². The smallest absolute Gasteiger partial charge is 0.231 e. The maximum absolute atomic E-state index is 5.35. The van der Waals surface area contributed by atoms with Crippen LogP contribution >= 0.6 is 11.3 Å². The highest BCUT2D eigenvalue weighted by Gasteiger charge is 2.12. The van der Waals surface area contributed by atoms with E-state index in [4.69, 9.17) is 4.52 Å². The molecule has 0 saturated carbocycles. The summed E-state index contributed by atoms with van der Waals surface area (Å²) < 4.78 is 5.35. The topological polar surface area (TPSA) is 106 Å². The number of rotatable bonds is 4. The molecule has 126 valence electrons. The van der Waals surface area contributed by atoms with E-state index in [0.717, 1.165) is 33.7 Å². The highest BCUT2D eigenvalue weighted by molar-refractivity contribution is 7.07. The summed E-state index contributed by atoms with van der Waals surface area (Å²) in [5.41, 5.74) is 6.15. The van der Waals surface area contributed by atoms with Crippen molar-refractivity contribution in [1.82, 2.24) is 35.1 Å². The number of aromatic nitrogens is 7. The molecule has 4 heterocycles. The largest absolute Gasteiger partial charge is 0.339 e. The van der Waals surface area contributed by atoms with Crippen molar-refractivity contribution in [3.63, 3.8) is 0 Å². The van der Waals surface area contributed by atoms with E-state index < -0.39 is 0 Å². The van der Waals surface area contributed by atoms with Crippen molar-refractivity contribution in [2.45, 2.75) is 6.42 Å². The number of aromatic amines is 1. The summed E-state index contributed by atoms with van der Waals surface area (Å²) in [5, 5.41) is 6.03. The standard InChI is InChI=1S/C17H11N7OS/c1-2-12-13(22-17(21-12)14-7-26-9-20-14)4-11(1)16-23-15(25-24-16)3-10-5-18-8-19-6-10/h1-2,4-9H,3H2,(H,21,22). The van der Waals surface area contributed by atoms with E-state index in [9.17, 15) is 0 Å². The number of hydrogen-bond acceptors (Lipinski definition) is 8. The van der Waals surface area contributed by atoms with E-state index in [2.05, 4.69) is 35.1 Å². The maximum Gasteiger partial charge on any atom is 0.231 e. The van der Waals surface area contributed by atoms with Crippen LogP contribution in [0.3, 0.4) is 0 Å². The first kappa shape index (κ1) is 14.8. The third-order valence-corrected chi connectivity index (χ3v) is 4.44. The lowest BCUT2D eigenvalue weighted by Gasteiger charge is -1.94. The molecule has 0 bridgehead atoms. The Morgan fingerprint density at radius 2 is 2.04 bits per heavy atom. The van der Waals surface area contributed by atoms with Crippen LogP contribution in [-0.4, -0.2) is 35.1 Å². The Kier molecular flexibility index (Phi) is 3.49. The minimum atomic E-state index is 0.494. The number of nitrogens with one attached hydrogen (secondary N) is 1. The van der Waals surface area contributed by atoms with Crippen molar-refractivity contribution >= 4 is 22.4 Å². The van der Waals surface area contributed by atoms with Gasteiger partial charge in [-0.2, -0.15) is 4.98 Å². The van der Waals surface area contributed by atoms with E-state index in [1.54, 1.807) is 17.9 Å². The SMILES string of the molecule is c1ncc(Cc2nc(-c3ccc4nc(-c5cscn5)[nH]c4c3)no2)cn1. The predicted octanol–water partition coefficient (Wildman–Crippen LogP) is 3.12. The van der Waals surface area contributed by atoms with Gasteiger partial charge in [-0.15, -0.1) is 11.3 Å². The van der Waals surface area contributed by atoms with Gasteiger partial charge in [0.15, 0.2) is 5.82 Å². The molecule has 8 nitrogen and oxygen atoms in total. The van der Waals surface area contributed by atoms with E-state index in [0.29, 0.717) is 18.1 Å². The number of thiazole rings is 1. The molecule has 0 fully saturated rings. The zero-order chi connectivity index (χ0) is 17.3. The van der Waals surface area contributed by atoms with E-state index >= 15 is 0 Å². The number of fused-ring (bicyclic) bond motifs is 1. The normalized spacial score (nSPS) is 11.2. The first-order valence-corrected chi connectivity index (χ1v) is 8.74. The molecule has 0 saturated heterocycles. The summed E-state index contributed by atoms with van der Waals surface area (Å²) >= 11 is 1.54. The van der Waals surface area contributed by atoms with Crippen molar-refractivity contribution in [3.8, 4) is 22.9 Å². The molecule has 0 radical (unpaired) electrons. The van der Waals surface area contributed by atoms with Crippen LogP contribution in [0.4, 0.5) is 0 Å². The first-order chi connectivity index (χ1) is 12.8. The van der Waals surface area contributed by atoms with Gasteiger partial charge in [0, 0.05) is 23.3 Å². The zero-order valence-electron chi connectivity index (χ0n) is 13.3. The number of H-pyrrole nitrogens is 1. The second kappa shape index (κ2) is 6.12. The fourth-order valence-electron chi connectivity index (χ4n) is 2.64. The van der Waals surface area contributed by atoms with E-state index in [1.807, 2.05) is 23.6 Å². The molecule has 0 aliphatic heterocycles. The van der Waals surface area contributed by atoms with Crippen LogP contribution in [0.2, 0.25) is 0 Å². The van der Waals surface area contributed by atoms with Gasteiger partial charge in [0.25, 0.3) is 0 Å². The molecule has 0 amide bonds. The van der Waals surface area contributed by atoms with Crippen LogP contribution < -0.4 is 0 Å². The molecule has 5 aromatic rings. The zero-order valence-corrected chi connectivity index (χ0v) is 14.1. The van der Waals surface area contributed by atoms with Crippen LogP contribution in [0.1, 0.15) is 11.5 Å². The molecule has 0 spiro atoms. The van der Waals surface area contributed by atoms with Crippen molar-refractivity contribution in [2.24, 2.45) is 0 Å². The summed E-state index contributed by atoms with van der Waals surface area (Å²) in [7, 11) is 0. The van der Waals surface area contributed by atoms with Crippen LogP contribution in [0.15, 0.2) is 52.3 Å². The lowest BCUT2D eigenvalue weighted by molar-refractivity contribution is 0.385. The number of benzene rings is 1. The fraction of sp³-hybridized carbons (Fsp3) is 0.0588. The molecule has 9 heteroatoms. The quantitative estimate of drug-likeness (QED) is 0.524. The molecule has 5 rings (SSSR count). The van der Waals surface area contributed by atoms with E-state index in [-0.39, 0.29) is 0 Å².